The second kappa shape index (κ2) is 13.3. The maximum Gasteiger partial charge on any atom is 0.252 e. The third kappa shape index (κ3) is 7.85. The van der Waals surface area contributed by atoms with Crippen molar-refractivity contribution >= 4 is 23.3 Å². The van der Waals surface area contributed by atoms with Crippen LogP contribution >= 0.6 is 0 Å². The van der Waals surface area contributed by atoms with Crippen LogP contribution in [0.25, 0.3) is 0 Å². The molecule has 3 N–H and O–H groups in total. The Morgan fingerprint density at radius 1 is 1.06 bits per heavy atom. The number of Topliss-reactive ketones (excluding diaryl/α,β-unsaturated/α-hetero) is 1. The lowest BCUT2D eigenvalue weighted by Gasteiger charge is -2.21. The lowest BCUT2D eigenvalue weighted by atomic mass is 9.88. The average molecular weight is 482 g/mol. The Hall–Kier alpha value is -2.80. The van der Waals surface area contributed by atoms with E-state index in [-0.39, 0.29) is 23.5 Å². The van der Waals surface area contributed by atoms with Gasteiger partial charge in [0.25, 0.3) is 5.91 Å². The standard InChI is InChI=1S/C28H43N5O2/c1-8-13-33(7)17-18(4)14-25(34)23-15-21(11-12-22(23)19(5)9-2)31-28-30-16-24(27(29)35)26(32-28)20(6)10-3/h11-12,15-16,18-20H,8-10,13-14,17H2,1-7H3,(H2,29,35)(H,30,31,32). The Morgan fingerprint density at radius 2 is 1.74 bits per heavy atom. The Kier molecular flexibility index (Phi) is 10.8. The van der Waals surface area contributed by atoms with Crippen molar-refractivity contribution in [2.75, 3.05) is 25.5 Å². The first-order valence-corrected chi connectivity index (χ1v) is 12.9. The van der Waals surface area contributed by atoms with Gasteiger partial charge >= 0.3 is 0 Å². The molecule has 0 radical (unpaired) electrons. The maximum absolute atomic E-state index is 13.4. The summed E-state index contributed by atoms with van der Waals surface area (Å²) in [7, 11) is 2.11. The van der Waals surface area contributed by atoms with Gasteiger partial charge in [-0.3, -0.25) is 9.59 Å². The molecule has 1 amide bonds. The van der Waals surface area contributed by atoms with Gasteiger partial charge in [-0.2, -0.15) is 0 Å². The zero-order chi connectivity index (χ0) is 26.1. The van der Waals surface area contributed by atoms with Gasteiger partial charge in [0.2, 0.25) is 5.95 Å². The number of amides is 1. The number of benzene rings is 1. The molecule has 0 aliphatic rings. The Balaban J connectivity index is 2.34. The molecule has 1 heterocycles. The molecule has 2 aromatic rings. The number of hydrogen-bond donors (Lipinski definition) is 2. The number of nitrogens with zero attached hydrogens (tertiary/aromatic N) is 3. The van der Waals surface area contributed by atoms with Crippen molar-refractivity contribution in [1.82, 2.24) is 14.9 Å². The van der Waals surface area contributed by atoms with Crippen LogP contribution < -0.4 is 11.1 Å². The van der Waals surface area contributed by atoms with E-state index in [4.69, 9.17) is 5.73 Å². The molecule has 3 unspecified atom stereocenters. The van der Waals surface area contributed by atoms with Crippen LogP contribution in [0.5, 0.6) is 0 Å². The molecule has 0 aliphatic heterocycles. The molecule has 3 atom stereocenters. The number of aromatic nitrogens is 2. The third-order valence-electron chi connectivity index (χ3n) is 6.68. The number of nitrogens with two attached hydrogens (primary N) is 1. The number of nitrogens with one attached hydrogen (secondary N) is 1. The van der Waals surface area contributed by atoms with Crippen LogP contribution in [0.1, 0.15) is 111 Å². The van der Waals surface area contributed by atoms with Crippen molar-refractivity contribution < 1.29 is 9.59 Å². The van der Waals surface area contributed by atoms with Crippen LogP contribution in [0.15, 0.2) is 24.4 Å². The fourth-order valence-electron chi connectivity index (χ4n) is 4.36. The third-order valence-corrected chi connectivity index (χ3v) is 6.68. The summed E-state index contributed by atoms with van der Waals surface area (Å²) in [5.41, 5.74) is 9.08. The first-order valence-electron chi connectivity index (χ1n) is 12.9. The molecule has 7 heteroatoms. The Morgan fingerprint density at radius 3 is 2.34 bits per heavy atom. The highest BCUT2D eigenvalue weighted by molar-refractivity contribution is 5.99. The predicted octanol–water partition coefficient (Wildman–Crippen LogP) is 5.90. The van der Waals surface area contributed by atoms with Gasteiger partial charge in [0.05, 0.1) is 11.3 Å². The number of anilines is 2. The van der Waals surface area contributed by atoms with Crippen LogP contribution in [0.4, 0.5) is 11.6 Å². The Bertz CT molecular complexity index is 1010. The van der Waals surface area contributed by atoms with Gasteiger partial charge in [-0.05, 0) is 68.3 Å². The van der Waals surface area contributed by atoms with E-state index in [9.17, 15) is 9.59 Å². The second-order valence-electron chi connectivity index (χ2n) is 9.90. The van der Waals surface area contributed by atoms with Crippen molar-refractivity contribution in [3.8, 4) is 0 Å². The van der Waals surface area contributed by atoms with Crippen LogP contribution in [0.3, 0.4) is 0 Å². The number of carbonyl (C=O) groups excluding carboxylic acids is 2. The molecule has 1 aromatic heterocycles. The van der Waals surface area contributed by atoms with Gasteiger partial charge < -0.3 is 16.0 Å². The molecule has 0 aliphatic carbocycles. The number of ketones is 1. The number of rotatable bonds is 14. The summed E-state index contributed by atoms with van der Waals surface area (Å²) in [5, 5.41) is 3.24. The summed E-state index contributed by atoms with van der Waals surface area (Å²) in [4.78, 5) is 36.4. The molecule has 0 bridgehead atoms. The normalized spacial score (nSPS) is 13.9. The molecule has 2 rings (SSSR count). The van der Waals surface area contributed by atoms with E-state index in [0.29, 0.717) is 23.6 Å². The van der Waals surface area contributed by atoms with E-state index < -0.39 is 5.91 Å². The molecular formula is C28H43N5O2. The number of carbonyl (C=O) groups is 2. The van der Waals surface area contributed by atoms with E-state index >= 15 is 0 Å². The van der Waals surface area contributed by atoms with Gasteiger partial charge in [0.15, 0.2) is 5.78 Å². The van der Waals surface area contributed by atoms with Crippen molar-refractivity contribution in [3.63, 3.8) is 0 Å². The predicted molar refractivity (Wildman–Crippen MR) is 144 cm³/mol. The SMILES string of the molecule is CCCN(C)CC(C)CC(=O)c1cc(Nc2ncc(C(N)=O)c(C(C)CC)n2)ccc1C(C)CC. The second-order valence-corrected chi connectivity index (χ2v) is 9.90. The first-order chi connectivity index (χ1) is 16.6. The first kappa shape index (κ1) is 28.4. The fraction of sp³-hybridized carbons (Fsp3) is 0.571. The molecule has 192 valence electrons. The van der Waals surface area contributed by atoms with Crippen LogP contribution in [0, 0.1) is 5.92 Å². The minimum absolute atomic E-state index is 0.0679. The minimum atomic E-state index is -0.531. The highest BCUT2D eigenvalue weighted by atomic mass is 16.1. The number of primary amides is 1. The van der Waals surface area contributed by atoms with E-state index in [1.807, 2.05) is 32.0 Å². The molecular weight excluding hydrogens is 438 g/mol. The zero-order valence-electron chi connectivity index (χ0n) is 22.5. The summed E-state index contributed by atoms with van der Waals surface area (Å²) >= 11 is 0. The lowest BCUT2D eigenvalue weighted by Crippen LogP contribution is -2.26. The van der Waals surface area contributed by atoms with Gasteiger partial charge in [-0.15, -0.1) is 0 Å². The fourth-order valence-corrected chi connectivity index (χ4v) is 4.36. The van der Waals surface area contributed by atoms with E-state index in [0.717, 1.165) is 49.2 Å². The maximum atomic E-state index is 13.4. The van der Waals surface area contributed by atoms with Gasteiger partial charge in [0, 0.05) is 30.4 Å². The van der Waals surface area contributed by atoms with Gasteiger partial charge in [0.1, 0.15) is 0 Å². The summed E-state index contributed by atoms with van der Waals surface area (Å²) < 4.78 is 0. The highest BCUT2D eigenvalue weighted by Crippen LogP contribution is 2.29. The summed E-state index contributed by atoms with van der Waals surface area (Å²) in [6.07, 6.45) is 4.86. The van der Waals surface area contributed by atoms with Crippen molar-refractivity contribution in [2.45, 2.75) is 79.1 Å². The van der Waals surface area contributed by atoms with Gasteiger partial charge in [-0.25, -0.2) is 9.97 Å². The molecule has 0 fully saturated rings. The van der Waals surface area contributed by atoms with Crippen molar-refractivity contribution in [1.29, 1.82) is 0 Å². The monoisotopic (exact) mass is 481 g/mol. The van der Waals surface area contributed by atoms with Crippen LogP contribution in [-0.2, 0) is 0 Å². The summed E-state index contributed by atoms with van der Waals surface area (Å²) in [6.45, 7) is 14.6. The topological polar surface area (TPSA) is 101 Å². The van der Waals surface area contributed by atoms with Gasteiger partial charge in [-0.1, -0.05) is 47.6 Å². The molecule has 1 aromatic carbocycles. The van der Waals surface area contributed by atoms with E-state index in [1.54, 1.807) is 0 Å². The van der Waals surface area contributed by atoms with Crippen LogP contribution in [0.2, 0.25) is 0 Å². The largest absolute Gasteiger partial charge is 0.365 e. The lowest BCUT2D eigenvalue weighted by molar-refractivity contribution is 0.0952. The van der Waals surface area contributed by atoms with Crippen LogP contribution in [-0.4, -0.2) is 46.7 Å². The van der Waals surface area contributed by atoms with E-state index in [1.165, 1.54) is 6.20 Å². The quantitative estimate of drug-likeness (QED) is 0.326. The molecule has 0 saturated carbocycles. The summed E-state index contributed by atoms with van der Waals surface area (Å²) in [5.74, 6) is 0.628. The smallest absolute Gasteiger partial charge is 0.252 e. The molecule has 0 saturated heterocycles. The number of hydrogen-bond acceptors (Lipinski definition) is 6. The molecule has 7 nitrogen and oxygen atoms in total. The molecule has 35 heavy (non-hydrogen) atoms. The summed E-state index contributed by atoms with van der Waals surface area (Å²) in [6, 6.07) is 5.91. The van der Waals surface area contributed by atoms with Crippen molar-refractivity contribution in [2.24, 2.45) is 11.7 Å². The zero-order valence-corrected chi connectivity index (χ0v) is 22.5. The minimum Gasteiger partial charge on any atom is -0.365 e. The highest BCUT2D eigenvalue weighted by Gasteiger charge is 2.20. The van der Waals surface area contributed by atoms with Crippen molar-refractivity contribution in [3.05, 3.63) is 46.8 Å². The molecule has 0 spiro atoms. The average Bonchev–Trinajstić information content (AvgIpc) is 2.82. The Labute approximate surface area is 210 Å². The van der Waals surface area contributed by atoms with E-state index in [2.05, 4.69) is 54.9 Å².